The molecular formula is C23H33N5O8. The minimum Gasteiger partial charge on any atom is -0.508 e. The van der Waals surface area contributed by atoms with Crippen LogP contribution in [0.4, 0.5) is 0 Å². The number of nitrogens with two attached hydrogens (primary N) is 2. The monoisotopic (exact) mass is 507 g/mol. The molecule has 0 saturated carbocycles. The van der Waals surface area contributed by atoms with Crippen LogP contribution in [0.5, 0.6) is 5.75 Å². The molecule has 1 saturated heterocycles. The lowest BCUT2D eigenvalue weighted by molar-refractivity contribution is -0.144. The van der Waals surface area contributed by atoms with E-state index in [0.717, 1.165) is 0 Å². The molecule has 0 radical (unpaired) electrons. The fraction of sp³-hybridized carbons (Fsp3) is 0.522. The van der Waals surface area contributed by atoms with Crippen molar-refractivity contribution in [3.8, 4) is 5.75 Å². The van der Waals surface area contributed by atoms with Gasteiger partial charge in [0.15, 0.2) is 0 Å². The number of carboxylic acid groups (broad SMARTS) is 1. The smallest absolute Gasteiger partial charge is 0.326 e. The highest BCUT2D eigenvalue weighted by Crippen LogP contribution is 2.19. The summed E-state index contributed by atoms with van der Waals surface area (Å²) in [4.78, 5) is 62.4. The Hall–Kier alpha value is -3.71. The summed E-state index contributed by atoms with van der Waals surface area (Å²) in [6.07, 6.45) is -0.735. The van der Waals surface area contributed by atoms with Crippen molar-refractivity contribution in [1.82, 2.24) is 15.5 Å². The number of likely N-dealkylation sites (tertiary alicyclic amines) is 1. The highest BCUT2D eigenvalue weighted by molar-refractivity contribution is 5.94. The minimum atomic E-state index is -1.49. The van der Waals surface area contributed by atoms with Crippen molar-refractivity contribution >= 4 is 29.6 Å². The van der Waals surface area contributed by atoms with Crippen LogP contribution in [-0.4, -0.2) is 86.6 Å². The van der Waals surface area contributed by atoms with Gasteiger partial charge in [0.1, 0.15) is 23.9 Å². The number of benzene rings is 1. The van der Waals surface area contributed by atoms with Crippen LogP contribution in [0, 0.1) is 0 Å². The number of nitrogens with one attached hydrogen (secondary N) is 2. The van der Waals surface area contributed by atoms with Crippen molar-refractivity contribution in [1.29, 1.82) is 0 Å². The molecule has 1 aromatic rings. The lowest BCUT2D eigenvalue weighted by Crippen LogP contribution is -2.59. The van der Waals surface area contributed by atoms with E-state index in [1.54, 1.807) is 0 Å². The molecule has 4 amide bonds. The van der Waals surface area contributed by atoms with Crippen molar-refractivity contribution < 1.29 is 39.3 Å². The van der Waals surface area contributed by atoms with Crippen LogP contribution in [0.1, 0.15) is 38.2 Å². The molecule has 1 aliphatic rings. The van der Waals surface area contributed by atoms with E-state index < -0.39 is 59.9 Å². The second-order valence-corrected chi connectivity index (χ2v) is 8.80. The van der Waals surface area contributed by atoms with E-state index in [2.05, 4.69) is 10.6 Å². The third-order valence-corrected chi connectivity index (χ3v) is 5.91. The Morgan fingerprint density at radius 3 is 2.33 bits per heavy atom. The number of rotatable bonds is 12. The van der Waals surface area contributed by atoms with Gasteiger partial charge in [-0.15, -0.1) is 0 Å². The molecule has 36 heavy (non-hydrogen) atoms. The number of aliphatic hydroxyl groups excluding tert-OH is 1. The van der Waals surface area contributed by atoms with Gasteiger partial charge in [-0.2, -0.15) is 0 Å². The summed E-state index contributed by atoms with van der Waals surface area (Å²) in [5.74, 6) is -4.09. The molecule has 5 unspecified atom stereocenters. The van der Waals surface area contributed by atoms with Crippen LogP contribution in [0.2, 0.25) is 0 Å². The number of carbonyl (C=O) groups excluding carboxylic acids is 4. The summed E-state index contributed by atoms with van der Waals surface area (Å²) < 4.78 is 0. The molecule has 1 aliphatic heterocycles. The van der Waals surface area contributed by atoms with E-state index in [1.165, 1.54) is 36.1 Å². The van der Waals surface area contributed by atoms with Crippen molar-refractivity contribution in [2.45, 2.75) is 69.3 Å². The van der Waals surface area contributed by atoms with Crippen molar-refractivity contribution in [2.24, 2.45) is 11.5 Å². The Morgan fingerprint density at radius 2 is 1.78 bits per heavy atom. The van der Waals surface area contributed by atoms with Gasteiger partial charge in [0, 0.05) is 19.4 Å². The number of primary amides is 1. The highest BCUT2D eigenvalue weighted by Gasteiger charge is 2.38. The van der Waals surface area contributed by atoms with Gasteiger partial charge in [0.25, 0.3) is 0 Å². The summed E-state index contributed by atoms with van der Waals surface area (Å²) in [7, 11) is 0. The summed E-state index contributed by atoms with van der Waals surface area (Å²) in [6, 6.07) is 0.938. The van der Waals surface area contributed by atoms with Gasteiger partial charge < -0.3 is 42.3 Å². The number of aromatic hydroxyl groups is 1. The molecule has 2 rings (SSSR count). The van der Waals surface area contributed by atoms with Crippen LogP contribution >= 0.6 is 0 Å². The average molecular weight is 508 g/mol. The molecule has 9 N–H and O–H groups in total. The van der Waals surface area contributed by atoms with Crippen molar-refractivity contribution in [3.63, 3.8) is 0 Å². The number of carboxylic acids is 1. The SMILES string of the molecule is CC(O)C(NC(=O)C1CCCN1C(=O)C(N)CCC(N)=O)C(=O)NC(Cc1ccc(O)cc1)C(=O)O. The standard InChI is InChI=1S/C23H33N5O8/c1-12(29)19(21(33)26-16(23(35)36)11-13-4-6-14(30)7-5-13)27-20(32)17-3-2-10-28(17)22(34)15(24)8-9-18(25)31/h4-7,12,15-17,19,29-30H,2-3,8-11,24H2,1H3,(H2,25,31)(H,26,33)(H,27,32)(H,35,36). The maximum Gasteiger partial charge on any atom is 0.326 e. The quantitative estimate of drug-likeness (QED) is 0.165. The van der Waals surface area contributed by atoms with Crippen LogP contribution in [0.25, 0.3) is 0 Å². The fourth-order valence-electron chi connectivity index (χ4n) is 3.92. The summed E-state index contributed by atoms with van der Waals surface area (Å²) in [6.45, 7) is 1.51. The van der Waals surface area contributed by atoms with Gasteiger partial charge >= 0.3 is 5.97 Å². The van der Waals surface area contributed by atoms with Crippen molar-refractivity contribution in [2.75, 3.05) is 6.54 Å². The third-order valence-electron chi connectivity index (χ3n) is 5.91. The number of hydrogen-bond donors (Lipinski definition) is 7. The first-order valence-electron chi connectivity index (χ1n) is 11.5. The topological polar surface area (TPSA) is 225 Å². The van der Waals surface area contributed by atoms with Gasteiger partial charge in [-0.1, -0.05) is 12.1 Å². The summed E-state index contributed by atoms with van der Waals surface area (Å²) in [5, 5.41) is 33.8. The molecule has 13 heteroatoms. The first kappa shape index (κ1) is 28.5. The zero-order valence-corrected chi connectivity index (χ0v) is 19.9. The second kappa shape index (κ2) is 12.8. The first-order valence-corrected chi connectivity index (χ1v) is 11.5. The Bertz CT molecular complexity index is 968. The molecule has 0 spiro atoms. The summed E-state index contributed by atoms with van der Waals surface area (Å²) in [5.41, 5.74) is 11.5. The number of hydrogen-bond acceptors (Lipinski definition) is 8. The molecule has 0 aliphatic carbocycles. The lowest BCUT2D eigenvalue weighted by atomic mass is 10.0. The molecule has 5 atom stereocenters. The highest BCUT2D eigenvalue weighted by atomic mass is 16.4. The Kier molecular flexibility index (Phi) is 10.2. The van der Waals surface area contributed by atoms with Gasteiger partial charge in [-0.05, 0) is 43.9 Å². The maximum atomic E-state index is 13.0. The van der Waals surface area contributed by atoms with Crippen LogP contribution in [-0.2, 0) is 30.4 Å². The summed E-state index contributed by atoms with van der Waals surface area (Å²) >= 11 is 0. The van der Waals surface area contributed by atoms with E-state index >= 15 is 0 Å². The van der Waals surface area contributed by atoms with Gasteiger partial charge in [-0.3, -0.25) is 19.2 Å². The first-order chi connectivity index (χ1) is 16.9. The zero-order chi connectivity index (χ0) is 27.0. The minimum absolute atomic E-state index is 0.000180. The molecule has 198 valence electrons. The van der Waals surface area contributed by atoms with Crippen LogP contribution in [0.15, 0.2) is 24.3 Å². The predicted molar refractivity (Wildman–Crippen MR) is 126 cm³/mol. The maximum absolute atomic E-state index is 13.0. The van der Waals surface area contributed by atoms with Gasteiger partial charge in [-0.25, -0.2) is 4.79 Å². The number of nitrogens with zero attached hydrogens (tertiary/aromatic N) is 1. The normalized spacial score (nSPS) is 18.5. The number of phenols is 1. The van der Waals surface area contributed by atoms with Gasteiger partial charge in [0.05, 0.1) is 12.1 Å². The van der Waals surface area contributed by atoms with Crippen LogP contribution < -0.4 is 22.1 Å². The molecule has 13 nitrogen and oxygen atoms in total. The lowest BCUT2D eigenvalue weighted by Gasteiger charge is -2.29. The molecule has 0 aromatic heterocycles. The second-order valence-electron chi connectivity index (χ2n) is 8.80. The van der Waals surface area contributed by atoms with E-state index in [1.807, 2.05) is 0 Å². The molecular weight excluding hydrogens is 474 g/mol. The number of aliphatic hydroxyl groups is 1. The Balaban J connectivity index is 2.06. The largest absolute Gasteiger partial charge is 0.508 e. The van der Waals surface area contributed by atoms with Gasteiger partial charge in [0.2, 0.25) is 23.6 Å². The van der Waals surface area contributed by atoms with Crippen molar-refractivity contribution in [3.05, 3.63) is 29.8 Å². The van der Waals surface area contributed by atoms with E-state index in [4.69, 9.17) is 11.5 Å². The van der Waals surface area contributed by atoms with E-state index in [9.17, 15) is 39.3 Å². The molecule has 0 bridgehead atoms. The Morgan fingerprint density at radius 1 is 1.14 bits per heavy atom. The fourth-order valence-corrected chi connectivity index (χ4v) is 3.92. The van der Waals surface area contributed by atoms with Crippen LogP contribution in [0.3, 0.4) is 0 Å². The number of carbonyl (C=O) groups is 5. The average Bonchev–Trinajstić information content (AvgIpc) is 3.30. The number of aliphatic carboxylic acids is 1. The van der Waals surface area contributed by atoms with E-state index in [-0.39, 0.29) is 31.6 Å². The zero-order valence-electron chi connectivity index (χ0n) is 19.9. The third kappa shape index (κ3) is 7.92. The predicted octanol–water partition coefficient (Wildman–Crippen LogP) is -2.05. The molecule has 1 fully saturated rings. The number of phenolic OH excluding ortho intramolecular Hbond substituents is 1. The number of amides is 4. The Labute approximate surface area is 207 Å². The molecule has 1 heterocycles. The van der Waals surface area contributed by atoms with E-state index in [0.29, 0.717) is 18.4 Å². The molecule has 1 aromatic carbocycles.